The predicted octanol–water partition coefficient (Wildman–Crippen LogP) is 0.386. The molecule has 2 N–H and O–H groups in total. The largest absolute Gasteiger partial charge is 0.476 e. The van der Waals surface area contributed by atoms with E-state index in [1.165, 1.54) is 0 Å². The summed E-state index contributed by atoms with van der Waals surface area (Å²) in [6, 6.07) is 1.70. The molecular weight excluding hydrogens is 198 g/mol. The minimum Gasteiger partial charge on any atom is -0.476 e. The molecule has 78 valence electrons. The number of rotatable bonds is 3. The second-order valence-electron chi connectivity index (χ2n) is 2.86. The lowest BCUT2D eigenvalue weighted by molar-refractivity contribution is 0.0691. The molecule has 0 saturated heterocycles. The molecule has 0 spiro atoms. The first-order valence-electron chi connectivity index (χ1n) is 4.40. The molecule has 0 saturated carbocycles. The summed E-state index contributed by atoms with van der Waals surface area (Å²) in [5.41, 5.74) is 0.857. The summed E-state index contributed by atoms with van der Waals surface area (Å²) in [5.74, 6) is -1.11. The predicted molar refractivity (Wildman–Crippen MR) is 50.2 cm³/mol. The van der Waals surface area contributed by atoms with Crippen molar-refractivity contribution in [1.82, 2.24) is 25.2 Å². The Labute approximate surface area is 84.7 Å². The topological polar surface area (TPSA) is 96.7 Å². The summed E-state index contributed by atoms with van der Waals surface area (Å²) >= 11 is 0. The number of carboxylic acid groups (broad SMARTS) is 1. The van der Waals surface area contributed by atoms with Gasteiger partial charge in [-0.15, -0.1) is 5.10 Å². The van der Waals surface area contributed by atoms with E-state index >= 15 is 0 Å². The molecule has 0 aliphatic rings. The van der Waals surface area contributed by atoms with Gasteiger partial charge in [-0.2, -0.15) is 15.4 Å². The van der Waals surface area contributed by atoms with E-state index in [1.54, 1.807) is 16.9 Å². The van der Waals surface area contributed by atoms with E-state index in [-0.39, 0.29) is 5.69 Å². The van der Waals surface area contributed by atoms with Crippen LogP contribution < -0.4 is 0 Å². The van der Waals surface area contributed by atoms with Crippen LogP contribution in [0, 0.1) is 0 Å². The maximum absolute atomic E-state index is 10.8. The zero-order valence-electron chi connectivity index (χ0n) is 8.01. The summed E-state index contributed by atoms with van der Waals surface area (Å²) in [5, 5.41) is 22.6. The number of H-pyrrole nitrogens is 1. The van der Waals surface area contributed by atoms with Gasteiger partial charge in [-0.05, 0) is 13.0 Å². The Morgan fingerprint density at radius 1 is 1.60 bits per heavy atom. The lowest BCUT2D eigenvalue weighted by atomic mass is 10.2. The van der Waals surface area contributed by atoms with Crippen LogP contribution in [-0.4, -0.2) is 36.3 Å². The van der Waals surface area contributed by atoms with Gasteiger partial charge in [0.2, 0.25) is 0 Å². The Hall–Kier alpha value is -2.18. The lowest BCUT2D eigenvalue weighted by Crippen LogP contribution is -2.04. The molecule has 0 unspecified atom stereocenters. The van der Waals surface area contributed by atoms with Crippen LogP contribution in [0.4, 0.5) is 0 Å². The van der Waals surface area contributed by atoms with Crippen LogP contribution in [0.3, 0.4) is 0 Å². The molecule has 0 fully saturated rings. The van der Waals surface area contributed by atoms with Crippen LogP contribution >= 0.6 is 0 Å². The molecule has 0 radical (unpaired) electrons. The maximum Gasteiger partial charge on any atom is 0.358 e. The van der Waals surface area contributed by atoms with E-state index < -0.39 is 5.97 Å². The van der Waals surface area contributed by atoms with E-state index in [2.05, 4.69) is 20.5 Å². The first-order valence-corrected chi connectivity index (χ1v) is 4.40. The van der Waals surface area contributed by atoms with Crippen LogP contribution in [0.25, 0.3) is 11.4 Å². The fraction of sp³-hybridized carbons (Fsp3) is 0.250. The second-order valence-corrected chi connectivity index (χ2v) is 2.86. The van der Waals surface area contributed by atoms with Gasteiger partial charge in [-0.1, -0.05) is 0 Å². The van der Waals surface area contributed by atoms with Crippen molar-refractivity contribution in [1.29, 1.82) is 0 Å². The Balaban J connectivity index is 2.54. The van der Waals surface area contributed by atoms with Crippen molar-refractivity contribution in [3.05, 3.63) is 18.0 Å². The van der Waals surface area contributed by atoms with Crippen molar-refractivity contribution >= 4 is 5.97 Å². The normalized spacial score (nSPS) is 10.5. The van der Waals surface area contributed by atoms with Gasteiger partial charge < -0.3 is 5.11 Å². The number of aromatic nitrogens is 5. The molecule has 0 amide bonds. The highest BCUT2D eigenvalue weighted by atomic mass is 16.4. The average molecular weight is 207 g/mol. The molecule has 2 aromatic rings. The molecule has 0 atom stereocenters. The number of aromatic carboxylic acids is 1. The number of aromatic amines is 1. The van der Waals surface area contributed by atoms with Crippen LogP contribution in [0.15, 0.2) is 12.3 Å². The summed E-state index contributed by atoms with van der Waals surface area (Å²) in [4.78, 5) is 10.8. The zero-order chi connectivity index (χ0) is 10.8. The van der Waals surface area contributed by atoms with Crippen LogP contribution in [-0.2, 0) is 6.54 Å². The first-order chi connectivity index (χ1) is 7.24. The van der Waals surface area contributed by atoms with E-state index in [9.17, 15) is 4.79 Å². The standard InChI is InChI=1S/C8H9N5O2/c1-2-13-5(3-4-9-13)6-7(8(14)15)11-12-10-6/h3-4H,2H2,1H3,(H,14,15)(H,10,11,12). The molecule has 7 heteroatoms. The van der Waals surface area contributed by atoms with Gasteiger partial charge >= 0.3 is 5.97 Å². The summed E-state index contributed by atoms with van der Waals surface area (Å²) in [6.07, 6.45) is 1.60. The van der Waals surface area contributed by atoms with Crippen molar-refractivity contribution in [2.75, 3.05) is 0 Å². The lowest BCUT2D eigenvalue weighted by Gasteiger charge is -2.00. The SMILES string of the molecule is CCn1nccc1-c1n[nH]nc1C(=O)O. The Bertz CT molecular complexity index is 487. The molecule has 2 rings (SSSR count). The van der Waals surface area contributed by atoms with Gasteiger partial charge in [0, 0.05) is 12.7 Å². The molecule has 0 aromatic carbocycles. The van der Waals surface area contributed by atoms with Gasteiger partial charge in [-0.25, -0.2) is 4.79 Å². The molecule has 0 bridgehead atoms. The fourth-order valence-electron chi connectivity index (χ4n) is 1.34. The van der Waals surface area contributed by atoms with Gasteiger partial charge in [-0.3, -0.25) is 4.68 Å². The van der Waals surface area contributed by atoms with Gasteiger partial charge in [0.05, 0.1) is 5.69 Å². The maximum atomic E-state index is 10.8. The number of nitrogens with zero attached hydrogens (tertiary/aromatic N) is 4. The van der Waals surface area contributed by atoms with Crippen LogP contribution in [0.2, 0.25) is 0 Å². The number of hydrogen-bond acceptors (Lipinski definition) is 4. The van der Waals surface area contributed by atoms with E-state index in [1.807, 2.05) is 6.92 Å². The monoisotopic (exact) mass is 207 g/mol. The highest BCUT2D eigenvalue weighted by Gasteiger charge is 2.19. The quantitative estimate of drug-likeness (QED) is 0.758. The van der Waals surface area contributed by atoms with E-state index in [4.69, 9.17) is 5.11 Å². The highest BCUT2D eigenvalue weighted by molar-refractivity contribution is 5.91. The second kappa shape index (κ2) is 3.52. The molecule has 0 aliphatic carbocycles. The van der Waals surface area contributed by atoms with Gasteiger partial charge in [0.25, 0.3) is 0 Å². The molecule has 0 aliphatic heterocycles. The molecule has 2 aromatic heterocycles. The third-order valence-electron chi connectivity index (χ3n) is 2.01. The van der Waals surface area contributed by atoms with Crippen LogP contribution in [0.1, 0.15) is 17.4 Å². The summed E-state index contributed by atoms with van der Waals surface area (Å²) < 4.78 is 1.66. The summed E-state index contributed by atoms with van der Waals surface area (Å²) in [7, 11) is 0. The number of aryl methyl sites for hydroxylation is 1. The third-order valence-corrected chi connectivity index (χ3v) is 2.01. The van der Waals surface area contributed by atoms with E-state index in [0.717, 1.165) is 0 Å². The minimum absolute atomic E-state index is 0.0924. The Morgan fingerprint density at radius 2 is 2.40 bits per heavy atom. The van der Waals surface area contributed by atoms with Gasteiger partial charge in [0.1, 0.15) is 5.69 Å². The van der Waals surface area contributed by atoms with Crippen molar-refractivity contribution in [3.8, 4) is 11.4 Å². The number of carboxylic acids is 1. The molecular formula is C8H9N5O2. The van der Waals surface area contributed by atoms with Crippen molar-refractivity contribution in [2.45, 2.75) is 13.5 Å². The fourth-order valence-corrected chi connectivity index (χ4v) is 1.34. The van der Waals surface area contributed by atoms with Crippen molar-refractivity contribution in [3.63, 3.8) is 0 Å². The van der Waals surface area contributed by atoms with Gasteiger partial charge in [0.15, 0.2) is 5.69 Å². The average Bonchev–Trinajstić information content (AvgIpc) is 2.85. The molecule has 2 heterocycles. The highest BCUT2D eigenvalue weighted by Crippen LogP contribution is 2.18. The Morgan fingerprint density at radius 3 is 3.07 bits per heavy atom. The number of carbonyl (C=O) groups is 1. The van der Waals surface area contributed by atoms with Crippen LogP contribution in [0.5, 0.6) is 0 Å². The zero-order valence-corrected chi connectivity index (χ0v) is 8.01. The molecule has 15 heavy (non-hydrogen) atoms. The molecule has 7 nitrogen and oxygen atoms in total. The summed E-state index contributed by atoms with van der Waals surface area (Å²) in [6.45, 7) is 2.56. The van der Waals surface area contributed by atoms with Crippen molar-refractivity contribution in [2.24, 2.45) is 0 Å². The third kappa shape index (κ3) is 1.47. The smallest absolute Gasteiger partial charge is 0.358 e. The number of hydrogen-bond donors (Lipinski definition) is 2. The number of nitrogens with one attached hydrogen (secondary N) is 1. The van der Waals surface area contributed by atoms with Crippen molar-refractivity contribution < 1.29 is 9.90 Å². The minimum atomic E-state index is -1.11. The Kier molecular flexibility index (Phi) is 2.20. The first kappa shape index (κ1) is 9.38. The van der Waals surface area contributed by atoms with E-state index in [0.29, 0.717) is 17.9 Å².